The molecule has 2 aromatic carbocycles. The van der Waals surface area contributed by atoms with Crippen LogP contribution in [-0.2, 0) is 12.8 Å². The standard InChI is InChI=1S/C23H22O4/c1-25-20-14-13-18-17-11-5-6-12-19(17)23(24)27-21(18)22(20)26-15-7-10-16-8-3-2-4-9-16/h2-4,7-10,13-14H,5-6,11-12,15H2,1H3/b10-7+. The van der Waals surface area contributed by atoms with Crippen LogP contribution in [0.2, 0.25) is 0 Å². The lowest BCUT2D eigenvalue weighted by atomic mass is 9.90. The fourth-order valence-corrected chi connectivity index (χ4v) is 3.64. The van der Waals surface area contributed by atoms with Crippen LogP contribution in [0.4, 0.5) is 0 Å². The Bertz CT molecular complexity index is 1030. The third-order valence-electron chi connectivity index (χ3n) is 4.96. The van der Waals surface area contributed by atoms with Gasteiger partial charge in [0.05, 0.1) is 7.11 Å². The van der Waals surface area contributed by atoms with Crippen molar-refractivity contribution in [3.8, 4) is 11.5 Å². The highest BCUT2D eigenvalue weighted by molar-refractivity contribution is 5.89. The number of hydrogen-bond acceptors (Lipinski definition) is 4. The van der Waals surface area contributed by atoms with Crippen LogP contribution < -0.4 is 15.1 Å². The zero-order valence-corrected chi connectivity index (χ0v) is 15.4. The molecule has 0 bridgehead atoms. The van der Waals surface area contributed by atoms with E-state index in [-0.39, 0.29) is 5.63 Å². The number of hydrogen-bond donors (Lipinski definition) is 0. The van der Waals surface area contributed by atoms with Crippen molar-refractivity contribution in [2.24, 2.45) is 0 Å². The Kier molecular flexibility index (Phi) is 4.97. The monoisotopic (exact) mass is 362 g/mol. The summed E-state index contributed by atoms with van der Waals surface area (Å²) < 4.78 is 17.1. The van der Waals surface area contributed by atoms with E-state index in [9.17, 15) is 4.79 Å². The maximum absolute atomic E-state index is 12.5. The summed E-state index contributed by atoms with van der Waals surface area (Å²) in [4.78, 5) is 12.5. The molecule has 0 fully saturated rings. The maximum atomic E-state index is 12.5. The van der Waals surface area contributed by atoms with Crippen molar-refractivity contribution in [3.05, 3.63) is 75.7 Å². The summed E-state index contributed by atoms with van der Waals surface area (Å²) in [6, 6.07) is 13.9. The van der Waals surface area contributed by atoms with Crippen LogP contribution in [0.3, 0.4) is 0 Å². The molecule has 0 radical (unpaired) electrons. The van der Waals surface area contributed by atoms with Crippen molar-refractivity contribution in [1.29, 1.82) is 0 Å². The summed E-state index contributed by atoms with van der Waals surface area (Å²) in [6.07, 6.45) is 7.74. The van der Waals surface area contributed by atoms with E-state index < -0.39 is 0 Å². The first-order valence-electron chi connectivity index (χ1n) is 9.28. The summed E-state index contributed by atoms with van der Waals surface area (Å²) in [7, 11) is 1.59. The SMILES string of the molecule is COc1ccc2c3c(c(=O)oc2c1OC/C=C/c1ccccc1)CCCC3. The summed E-state index contributed by atoms with van der Waals surface area (Å²) in [6.45, 7) is 0.352. The molecule has 0 N–H and O–H groups in total. The predicted molar refractivity (Wildman–Crippen MR) is 107 cm³/mol. The van der Waals surface area contributed by atoms with Gasteiger partial charge in [-0.2, -0.15) is 0 Å². The topological polar surface area (TPSA) is 48.7 Å². The fourth-order valence-electron chi connectivity index (χ4n) is 3.64. The Labute approximate surface area is 158 Å². The minimum absolute atomic E-state index is 0.255. The average molecular weight is 362 g/mol. The smallest absolute Gasteiger partial charge is 0.339 e. The van der Waals surface area contributed by atoms with Crippen LogP contribution in [0, 0.1) is 0 Å². The first kappa shape index (κ1) is 17.4. The summed E-state index contributed by atoms with van der Waals surface area (Å²) in [5.41, 5.74) is 3.24. The maximum Gasteiger partial charge on any atom is 0.339 e. The lowest BCUT2D eigenvalue weighted by molar-refractivity contribution is 0.324. The minimum Gasteiger partial charge on any atom is -0.493 e. The van der Waals surface area contributed by atoms with Crippen molar-refractivity contribution < 1.29 is 13.9 Å². The van der Waals surface area contributed by atoms with E-state index in [1.807, 2.05) is 54.6 Å². The molecule has 0 unspecified atom stereocenters. The molecule has 0 atom stereocenters. The predicted octanol–water partition coefficient (Wildman–Crippen LogP) is 4.77. The van der Waals surface area contributed by atoms with Gasteiger partial charge in [0.2, 0.25) is 5.75 Å². The Morgan fingerprint density at radius 2 is 1.81 bits per heavy atom. The van der Waals surface area contributed by atoms with E-state index in [1.54, 1.807) is 7.11 Å². The van der Waals surface area contributed by atoms with Gasteiger partial charge in [-0.15, -0.1) is 0 Å². The van der Waals surface area contributed by atoms with Crippen molar-refractivity contribution in [2.75, 3.05) is 13.7 Å². The normalized spacial score (nSPS) is 13.7. The zero-order chi connectivity index (χ0) is 18.6. The molecule has 4 nitrogen and oxygen atoms in total. The molecular weight excluding hydrogens is 340 g/mol. The second-order valence-corrected chi connectivity index (χ2v) is 6.65. The van der Waals surface area contributed by atoms with Gasteiger partial charge in [0.1, 0.15) is 6.61 Å². The molecule has 138 valence electrons. The van der Waals surface area contributed by atoms with Crippen molar-refractivity contribution in [3.63, 3.8) is 0 Å². The average Bonchev–Trinajstić information content (AvgIpc) is 2.72. The molecular formula is C23H22O4. The fraction of sp³-hybridized carbons (Fsp3) is 0.261. The minimum atomic E-state index is -0.255. The van der Waals surface area contributed by atoms with E-state index in [4.69, 9.17) is 13.9 Å². The number of benzene rings is 2. The Morgan fingerprint density at radius 3 is 2.59 bits per heavy atom. The Morgan fingerprint density at radius 1 is 1.04 bits per heavy atom. The number of rotatable bonds is 5. The highest BCUT2D eigenvalue weighted by Gasteiger charge is 2.21. The van der Waals surface area contributed by atoms with Gasteiger partial charge < -0.3 is 13.9 Å². The van der Waals surface area contributed by atoms with Crippen molar-refractivity contribution in [2.45, 2.75) is 25.7 Å². The van der Waals surface area contributed by atoms with E-state index in [1.165, 1.54) is 0 Å². The van der Waals surface area contributed by atoms with Gasteiger partial charge in [-0.1, -0.05) is 36.4 Å². The second-order valence-electron chi connectivity index (χ2n) is 6.65. The van der Waals surface area contributed by atoms with Crippen molar-refractivity contribution >= 4 is 17.0 Å². The van der Waals surface area contributed by atoms with E-state index in [0.29, 0.717) is 23.7 Å². The molecule has 1 aliphatic carbocycles. The molecule has 27 heavy (non-hydrogen) atoms. The molecule has 0 saturated heterocycles. The van der Waals surface area contributed by atoms with Gasteiger partial charge in [-0.05, 0) is 55.0 Å². The third kappa shape index (κ3) is 3.47. The largest absolute Gasteiger partial charge is 0.493 e. The van der Waals surface area contributed by atoms with Gasteiger partial charge in [0.25, 0.3) is 0 Å². The molecule has 0 spiro atoms. The zero-order valence-electron chi connectivity index (χ0n) is 15.4. The summed E-state index contributed by atoms with van der Waals surface area (Å²) in [5, 5.41) is 0.951. The Hall–Kier alpha value is -3.01. The quantitative estimate of drug-likeness (QED) is 0.613. The summed E-state index contributed by atoms with van der Waals surface area (Å²) in [5.74, 6) is 1.05. The van der Waals surface area contributed by atoms with Gasteiger partial charge in [0.15, 0.2) is 11.3 Å². The van der Waals surface area contributed by atoms with Crippen LogP contribution in [-0.4, -0.2) is 13.7 Å². The van der Waals surface area contributed by atoms with Crippen LogP contribution in [0.15, 0.2) is 57.8 Å². The first-order valence-corrected chi connectivity index (χ1v) is 9.28. The number of aryl methyl sites for hydroxylation is 1. The van der Waals surface area contributed by atoms with E-state index in [2.05, 4.69) is 0 Å². The molecule has 1 aliphatic rings. The van der Waals surface area contributed by atoms with Gasteiger partial charge in [-0.3, -0.25) is 0 Å². The molecule has 4 rings (SSSR count). The van der Waals surface area contributed by atoms with Crippen LogP contribution in [0.25, 0.3) is 17.0 Å². The third-order valence-corrected chi connectivity index (χ3v) is 4.96. The molecule has 1 heterocycles. The van der Waals surface area contributed by atoms with Crippen LogP contribution in [0.5, 0.6) is 11.5 Å². The Balaban J connectivity index is 1.69. The molecule has 3 aromatic rings. The number of methoxy groups -OCH3 is 1. The lowest BCUT2D eigenvalue weighted by Crippen LogP contribution is -2.16. The number of ether oxygens (including phenoxy) is 2. The second kappa shape index (κ2) is 7.70. The van der Waals surface area contributed by atoms with Crippen LogP contribution in [0.1, 0.15) is 29.5 Å². The molecule has 0 aliphatic heterocycles. The van der Waals surface area contributed by atoms with E-state index >= 15 is 0 Å². The first-order chi connectivity index (χ1) is 13.3. The van der Waals surface area contributed by atoms with E-state index in [0.717, 1.165) is 47.8 Å². The van der Waals surface area contributed by atoms with Gasteiger partial charge >= 0.3 is 5.63 Å². The molecule has 1 aromatic heterocycles. The highest BCUT2D eigenvalue weighted by Crippen LogP contribution is 2.38. The van der Waals surface area contributed by atoms with Gasteiger partial charge in [0, 0.05) is 10.9 Å². The molecule has 4 heteroatoms. The lowest BCUT2D eigenvalue weighted by Gasteiger charge is -2.18. The van der Waals surface area contributed by atoms with Crippen LogP contribution >= 0.6 is 0 Å². The van der Waals surface area contributed by atoms with Crippen molar-refractivity contribution in [1.82, 2.24) is 0 Å². The summed E-state index contributed by atoms with van der Waals surface area (Å²) >= 11 is 0. The molecule has 0 saturated carbocycles. The highest BCUT2D eigenvalue weighted by atomic mass is 16.5. The van der Waals surface area contributed by atoms with Gasteiger partial charge in [-0.25, -0.2) is 4.79 Å². The number of fused-ring (bicyclic) bond motifs is 3. The molecule has 0 amide bonds.